The molecule has 2 amide bonds. The molecule has 0 radical (unpaired) electrons. The van der Waals surface area contributed by atoms with E-state index in [1.807, 2.05) is 24.3 Å². The molecule has 0 spiro atoms. The SMILES string of the molecule is O=C(c1cc(Cl)cc(Cl)c1)N(CCNc1nsc2ccccc12)C(=O)C1CCCN1. The molecule has 156 valence electrons. The monoisotopic (exact) mass is 462 g/mol. The van der Waals surface area contributed by atoms with Gasteiger partial charge in [-0.3, -0.25) is 14.5 Å². The first-order valence-electron chi connectivity index (χ1n) is 9.66. The van der Waals surface area contributed by atoms with Crippen LogP contribution in [0.25, 0.3) is 10.1 Å². The molecular weight excluding hydrogens is 443 g/mol. The molecule has 1 aliphatic rings. The van der Waals surface area contributed by atoms with Gasteiger partial charge in [-0.25, -0.2) is 0 Å². The summed E-state index contributed by atoms with van der Waals surface area (Å²) in [6.07, 6.45) is 1.62. The molecule has 1 saturated heterocycles. The van der Waals surface area contributed by atoms with Crippen LogP contribution in [0.3, 0.4) is 0 Å². The fraction of sp³-hybridized carbons (Fsp3) is 0.286. The largest absolute Gasteiger partial charge is 0.367 e. The van der Waals surface area contributed by atoms with E-state index >= 15 is 0 Å². The Hall–Kier alpha value is -2.19. The number of imide groups is 1. The van der Waals surface area contributed by atoms with E-state index in [-0.39, 0.29) is 24.1 Å². The number of halogens is 2. The van der Waals surface area contributed by atoms with Crippen molar-refractivity contribution in [2.45, 2.75) is 18.9 Å². The number of carbonyl (C=O) groups excluding carboxylic acids is 2. The zero-order valence-electron chi connectivity index (χ0n) is 16.0. The Balaban J connectivity index is 1.52. The average molecular weight is 463 g/mol. The van der Waals surface area contributed by atoms with Crippen molar-refractivity contribution >= 4 is 62.5 Å². The lowest BCUT2D eigenvalue weighted by Crippen LogP contribution is -2.48. The van der Waals surface area contributed by atoms with Crippen LogP contribution in [0.4, 0.5) is 5.82 Å². The molecular formula is C21H20Cl2N4O2S. The summed E-state index contributed by atoms with van der Waals surface area (Å²) in [4.78, 5) is 27.5. The molecule has 9 heteroatoms. The van der Waals surface area contributed by atoms with Crippen LogP contribution in [0.1, 0.15) is 23.2 Å². The molecule has 1 unspecified atom stereocenters. The Bertz CT molecular complexity index is 1060. The van der Waals surface area contributed by atoms with Crippen molar-refractivity contribution in [2.75, 3.05) is 25.0 Å². The normalized spacial score (nSPS) is 16.0. The van der Waals surface area contributed by atoms with Gasteiger partial charge in [0.1, 0.15) is 5.82 Å². The first kappa shape index (κ1) is 21.1. The highest BCUT2D eigenvalue weighted by molar-refractivity contribution is 7.13. The van der Waals surface area contributed by atoms with Gasteiger partial charge in [0.05, 0.1) is 10.7 Å². The van der Waals surface area contributed by atoms with Gasteiger partial charge >= 0.3 is 0 Å². The zero-order chi connectivity index (χ0) is 21.1. The second-order valence-electron chi connectivity index (χ2n) is 7.06. The van der Waals surface area contributed by atoms with Crippen LogP contribution >= 0.6 is 34.7 Å². The van der Waals surface area contributed by atoms with Crippen molar-refractivity contribution in [3.8, 4) is 0 Å². The standard InChI is InChI=1S/C21H20Cl2N4O2S/c22-14-10-13(11-15(23)12-14)20(28)27(21(29)17-5-3-7-24-17)9-8-25-19-16-4-1-2-6-18(16)30-26-19/h1-2,4,6,10-12,17,24H,3,5,7-9H2,(H,25,26). The quantitative estimate of drug-likeness (QED) is 0.529. The molecule has 0 bridgehead atoms. The van der Waals surface area contributed by atoms with Gasteiger partial charge in [-0.2, -0.15) is 4.37 Å². The number of benzene rings is 2. The third kappa shape index (κ3) is 4.59. The van der Waals surface area contributed by atoms with Crippen LogP contribution in [0.2, 0.25) is 10.0 Å². The highest BCUT2D eigenvalue weighted by atomic mass is 35.5. The van der Waals surface area contributed by atoms with E-state index in [0.717, 1.165) is 28.9 Å². The van der Waals surface area contributed by atoms with Crippen LogP contribution in [-0.4, -0.2) is 46.8 Å². The molecule has 30 heavy (non-hydrogen) atoms. The summed E-state index contributed by atoms with van der Waals surface area (Å²) in [7, 11) is 0. The summed E-state index contributed by atoms with van der Waals surface area (Å²) in [6, 6.07) is 12.2. The smallest absolute Gasteiger partial charge is 0.260 e. The summed E-state index contributed by atoms with van der Waals surface area (Å²) in [5.74, 6) is 0.0989. The minimum atomic E-state index is -0.414. The molecule has 1 atom stereocenters. The Morgan fingerprint density at radius 1 is 1.20 bits per heavy atom. The predicted molar refractivity (Wildman–Crippen MR) is 122 cm³/mol. The number of rotatable bonds is 6. The second-order valence-corrected chi connectivity index (χ2v) is 8.73. The van der Waals surface area contributed by atoms with E-state index in [1.165, 1.54) is 28.6 Å². The number of fused-ring (bicyclic) bond motifs is 1. The maximum Gasteiger partial charge on any atom is 0.260 e. The number of amides is 2. The lowest BCUT2D eigenvalue weighted by atomic mass is 10.1. The molecule has 0 saturated carbocycles. The van der Waals surface area contributed by atoms with Gasteiger partial charge in [-0.05, 0) is 61.3 Å². The molecule has 0 aliphatic carbocycles. The van der Waals surface area contributed by atoms with Crippen molar-refractivity contribution in [1.82, 2.24) is 14.6 Å². The zero-order valence-corrected chi connectivity index (χ0v) is 18.4. The van der Waals surface area contributed by atoms with E-state index in [4.69, 9.17) is 23.2 Å². The fourth-order valence-electron chi connectivity index (χ4n) is 3.53. The number of carbonyl (C=O) groups is 2. The van der Waals surface area contributed by atoms with Gasteiger partial charge in [-0.1, -0.05) is 35.3 Å². The summed E-state index contributed by atoms with van der Waals surface area (Å²) < 4.78 is 5.51. The molecule has 4 rings (SSSR count). The number of nitrogens with one attached hydrogen (secondary N) is 2. The second kappa shape index (κ2) is 9.31. The van der Waals surface area contributed by atoms with E-state index < -0.39 is 5.91 Å². The van der Waals surface area contributed by atoms with Crippen molar-refractivity contribution in [2.24, 2.45) is 0 Å². The predicted octanol–water partition coefficient (Wildman–Crippen LogP) is 4.44. The summed E-state index contributed by atoms with van der Waals surface area (Å²) in [6.45, 7) is 1.35. The summed E-state index contributed by atoms with van der Waals surface area (Å²) >= 11 is 13.5. The van der Waals surface area contributed by atoms with E-state index in [1.54, 1.807) is 6.07 Å². The molecule has 1 aromatic heterocycles. The third-order valence-corrected chi connectivity index (χ3v) is 6.25. The molecule has 1 fully saturated rings. The summed E-state index contributed by atoms with van der Waals surface area (Å²) in [5, 5.41) is 8.14. The minimum Gasteiger partial charge on any atom is -0.367 e. The highest BCUT2D eigenvalue weighted by Crippen LogP contribution is 2.26. The molecule has 2 heterocycles. The first-order chi connectivity index (χ1) is 14.5. The van der Waals surface area contributed by atoms with Crippen LogP contribution in [0.5, 0.6) is 0 Å². The van der Waals surface area contributed by atoms with Crippen LogP contribution < -0.4 is 10.6 Å². The third-order valence-electron chi connectivity index (χ3n) is 4.98. The Labute approximate surface area is 188 Å². The van der Waals surface area contributed by atoms with Gasteiger partial charge in [0.2, 0.25) is 5.91 Å². The molecule has 2 N–H and O–H groups in total. The average Bonchev–Trinajstić information content (AvgIpc) is 3.40. The van der Waals surface area contributed by atoms with Crippen molar-refractivity contribution in [3.05, 3.63) is 58.1 Å². The molecule has 6 nitrogen and oxygen atoms in total. The van der Waals surface area contributed by atoms with Crippen molar-refractivity contribution in [3.63, 3.8) is 0 Å². The lowest BCUT2D eigenvalue weighted by Gasteiger charge is -2.24. The lowest BCUT2D eigenvalue weighted by molar-refractivity contribution is -0.130. The van der Waals surface area contributed by atoms with E-state index in [0.29, 0.717) is 23.0 Å². The number of nitrogens with zero attached hydrogens (tertiary/aromatic N) is 2. The van der Waals surface area contributed by atoms with Gasteiger partial charge in [-0.15, -0.1) is 0 Å². The van der Waals surface area contributed by atoms with Gasteiger partial charge < -0.3 is 10.6 Å². The number of hydrogen-bond acceptors (Lipinski definition) is 6. The minimum absolute atomic E-state index is 0.200. The maximum atomic E-state index is 13.2. The Kier molecular flexibility index (Phi) is 6.53. The van der Waals surface area contributed by atoms with Gasteiger partial charge in [0, 0.05) is 34.1 Å². The first-order valence-corrected chi connectivity index (χ1v) is 11.2. The van der Waals surface area contributed by atoms with Gasteiger partial charge in [0.15, 0.2) is 0 Å². The molecule has 2 aromatic carbocycles. The molecule has 1 aliphatic heterocycles. The van der Waals surface area contributed by atoms with E-state index in [9.17, 15) is 9.59 Å². The van der Waals surface area contributed by atoms with E-state index in [2.05, 4.69) is 15.0 Å². The van der Waals surface area contributed by atoms with Crippen LogP contribution in [-0.2, 0) is 4.79 Å². The fourth-order valence-corrected chi connectivity index (χ4v) is 4.81. The highest BCUT2D eigenvalue weighted by Gasteiger charge is 2.31. The number of anilines is 1. The van der Waals surface area contributed by atoms with Crippen LogP contribution in [0, 0.1) is 0 Å². The number of aromatic nitrogens is 1. The van der Waals surface area contributed by atoms with Crippen molar-refractivity contribution < 1.29 is 9.59 Å². The Morgan fingerprint density at radius 3 is 2.70 bits per heavy atom. The molecule has 3 aromatic rings. The summed E-state index contributed by atoms with van der Waals surface area (Å²) in [5.41, 5.74) is 0.290. The maximum absolute atomic E-state index is 13.2. The van der Waals surface area contributed by atoms with Crippen molar-refractivity contribution in [1.29, 1.82) is 0 Å². The van der Waals surface area contributed by atoms with Crippen LogP contribution in [0.15, 0.2) is 42.5 Å². The number of hydrogen-bond donors (Lipinski definition) is 2. The Morgan fingerprint density at radius 2 is 1.97 bits per heavy atom. The topological polar surface area (TPSA) is 74.3 Å². The van der Waals surface area contributed by atoms with Gasteiger partial charge in [0.25, 0.3) is 5.91 Å².